The van der Waals surface area contributed by atoms with Crippen molar-refractivity contribution in [1.29, 1.82) is 5.41 Å². The van der Waals surface area contributed by atoms with Gasteiger partial charge in [-0.15, -0.1) is 0 Å². The Bertz CT molecular complexity index is 1360. The van der Waals surface area contributed by atoms with E-state index in [1.165, 1.54) is 0 Å². The third-order valence-corrected chi connectivity index (χ3v) is 10.4. The summed E-state index contributed by atoms with van der Waals surface area (Å²) in [6, 6.07) is 5.86. The number of hydrogen-bond donors (Lipinski definition) is 2. The van der Waals surface area contributed by atoms with Gasteiger partial charge in [0.2, 0.25) is 0 Å². The van der Waals surface area contributed by atoms with Crippen LogP contribution in [0.3, 0.4) is 0 Å². The Morgan fingerprint density at radius 2 is 1.83 bits per heavy atom. The summed E-state index contributed by atoms with van der Waals surface area (Å²) >= 11 is 1.56. The number of alkyl halides is 3. The van der Waals surface area contributed by atoms with E-state index in [0.29, 0.717) is 31.4 Å². The van der Waals surface area contributed by atoms with Crippen molar-refractivity contribution >= 4 is 38.4 Å². The number of rotatable bonds is 9. The van der Waals surface area contributed by atoms with Crippen LogP contribution in [0.2, 0.25) is 0 Å². The molecule has 4 fully saturated rings. The SMILES string of the molecule is CCOC(=O)c1ccc2nc(N3C4CC[C@H]3CC(OC/C(C(=N)C3CCCCC3C(F)(F)F)=C(/O)C3CC3)C4)sc2c1. The summed E-state index contributed by atoms with van der Waals surface area (Å²) < 4.78 is 53.9. The number of benzene rings is 1. The van der Waals surface area contributed by atoms with Gasteiger partial charge in [0.15, 0.2) is 5.13 Å². The number of ether oxygens (including phenoxy) is 2. The molecule has 1 aromatic heterocycles. The van der Waals surface area contributed by atoms with Gasteiger partial charge >= 0.3 is 12.1 Å². The fourth-order valence-corrected chi connectivity index (χ4v) is 8.27. The van der Waals surface area contributed by atoms with Gasteiger partial charge in [-0.2, -0.15) is 13.2 Å². The third-order valence-electron chi connectivity index (χ3n) is 9.42. The van der Waals surface area contributed by atoms with Crippen LogP contribution in [0.15, 0.2) is 29.5 Å². The number of halogens is 3. The molecule has 7 nitrogen and oxygen atoms in total. The van der Waals surface area contributed by atoms with E-state index in [-0.39, 0.29) is 60.1 Å². The number of carbonyl (C=O) groups excluding carboxylic acids is 1. The number of thiazole rings is 1. The van der Waals surface area contributed by atoms with Crippen LogP contribution in [0.5, 0.6) is 0 Å². The Balaban J connectivity index is 1.14. The second-order valence-corrected chi connectivity index (χ2v) is 13.2. The maximum Gasteiger partial charge on any atom is 0.392 e. The van der Waals surface area contributed by atoms with Crippen molar-refractivity contribution in [2.45, 2.75) is 95.5 Å². The minimum Gasteiger partial charge on any atom is -0.512 e. The lowest BCUT2D eigenvalue weighted by Crippen LogP contribution is -2.46. The van der Waals surface area contributed by atoms with Crippen LogP contribution < -0.4 is 4.90 Å². The molecular formula is C31H38F3N3O4S. The second kappa shape index (κ2) is 11.8. The summed E-state index contributed by atoms with van der Waals surface area (Å²) in [5.74, 6) is -2.83. The number of anilines is 1. The number of aliphatic hydroxyl groups excluding tert-OH is 1. The molecule has 1 aromatic carbocycles. The molecule has 2 aliphatic heterocycles. The van der Waals surface area contributed by atoms with Crippen molar-refractivity contribution in [3.63, 3.8) is 0 Å². The number of esters is 1. The first-order chi connectivity index (χ1) is 20.1. The van der Waals surface area contributed by atoms with Gasteiger partial charge in [0, 0.05) is 35.2 Å². The normalized spacial score (nSPS) is 28.6. The minimum atomic E-state index is -4.36. The zero-order valence-corrected chi connectivity index (χ0v) is 24.6. The molecule has 42 heavy (non-hydrogen) atoms. The van der Waals surface area contributed by atoms with Gasteiger partial charge in [-0.1, -0.05) is 24.2 Å². The van der Waals surface area contributed by atoms with E-state index >= 15 is 0 Å². The zero-order valence-electron chi connectivity index (χ0n) is 23.8. The Morgan fingerprint density at radius 1 is 1.12 bits per heavy atom. The number of nitrogens with zero attached hydrogens (tertiary/aromatic N) is 2. The number of aromatic nitrogens is 1. The molecule has 0 spiro atoms. The van der Waals surface area contributed by atoms with Crippen LogP contribution in [0.1, 0.15) is 81.5 Å². The fraction of sp³-hybridized carbons (Fsp3) is 0.645. The summed E-state index contributed by atoms with van der Waals surface area (Å²) in [5, 5.41) is 20.7. The lowest BCUT2D eigenvalue weighted by molar-refractivity contribution is -0.189. The van der Waals surface area contributed by atoms with Gasteiger partial charge in [0.25, 0.3) is 0 Å². The molecule has 2 bridgehead atoms. The van der Waals surface area contributed by atoms with Crippen LogP contribution in [0.4, 0.5) is 18.3 Å². The van der Waals surface area contributed by atoms with E-state index in [9.17, 15) is 23.1 Å². The van der Waals surface area contributed by atoms with E-state index < -0.39 is 18.0 Å². The summed E-state index contributed by atoms with van der Waals surface area (Å²) in [5.41, 5.74) is 1.54. The maximum absolute atomic E-state index is 13.9. The molecule has 11 heteroatoms. The highest BCUT2D eigenvalue weighted by Crippen LogP contribution is 2.46. The highest BCUT2D eigenvalue weighted by atomic mass is 32.1. The Labute approximate surface area is 247 Å². The van der Waals surface area contributed by atoms with E-state index in [1.54, 1.807) is 24.3 Å². The molecule has 228 valence electrons. The van der Waals surface area contributed by atoms with Crippen molar-refractivity contribution in [3.05, 3.63) is 35.1 Å². The lowest BCUT2D eigenvalue weighted by Gasteiger charge is -2.39. The van der Waals surface area contributed by atoms with Crippen molar-refractivity contribution in [2.75, 3.05) is 18.1 Å². The number of piperidine rings is 1. The van der Waals surface area contributed by atoms with Crippen LogP contribution in [-0.4, -0.2) is 59.3 Å². The van der Waals surface area contributed by atoms with Gasteiger partial charge < -0.3 is 24.9 Å². The Hall–Kier alpha value is -2.66. The summed E-state index contributed by atoms with van der Waals surface area (Å²) in [6.45, 7) is 2.07. The van der Waals surface area contributed by atoms with Gasteiger partial charge in [0.1, 0.15) is 5.76 Å². The van der Waals surface area contributed by atoms with E-state index in [2.05, 4.69) is 4.90 Å². The van der Waals surface area contributed by atoms with Crippen LogP contribution in [0, 0.1) is 23.2 Å². The monoisotopic (exact) mass is 605 g/mol. The molecular weight excluding hydrogens is 567 g/mol. The average Bonchev–Trinajstić information content (AvgIpc) is 3.68. The van der Waals surface area contributed by atoms with Crippen LogP contribution in [-0.2, 0) is 9.47 Å². The number of fused-ring (bicyclic) bond motifs is 3. The number of allylic oxidation sites excluding steroid dienone is 1. The molecule has 0 amide bonds. The average molecular weight is 606 g/mol. The molecule has 2 N–H and O–H groups in total. The minimum absolute atomic E-state index is 0.0237. The molecule has 2 aliphatic carbocycles. The molecule has 2 saturated heterocycles. The van der Waals surface area contributed by atoms with E-state index in [1.807, 2.05) is 12.1 Å². The first-order valence-electron chi connectivity index (χ1n) is 15.2. The maximum atomic E-state index is 13.9. The predicted octanol–water partition coefficient (Wildman–Crippen LogP) is 7.60. The molecule has 5 atom stereocenters. The molecule has 3 heterocycles. The van der Waals surface area contributed by atoms with Crippen molar-refractivity contribution in [1.82, 2.24) is 4.98 Å². The smallest absolute Gasteiger partial charge is 0.392 e. The van der Waals surface area contributed by atoms with Gasteiger partial charge in [-0.05, 0) is 76.5 Å². The topological polar surface area (TPSA) is 95.7 Å². The van der Waals surface area contributed by atoms with Crippen molar-refractivity contribution < 1.29 is 32.5 Å². The van der Waals surface area contributed by atoms with E-state index in [0.717, 1.165) is 53.9 Å². The number of aliphatic hydroxyl groups is 1. The largest absolute Gasteiger partial charge is 0.512 e. The van der Waals surface area contributed by atoms with Crippen LogP contribution in [0.25, 0.3) is 10.2 Å². The van der Waals surface area contributed by atoms with E-state index in [4.69, 9.17) is 19.9 Å². The molecule has 6 rings (SSSR count). The van der Waals surface area contributed by atoms with Crippen molar-refractivity contribution in [3.8, 4) is 0 Å². The first kappa shape index (κ1) is 29.4. The van der Waals surface area contributed by atoms with Crippen LogP contribution >= 0.6 is 11.3 Å². The number of hydrogen-bond acceptors (Lipinski definition) is 8. The summed E-state index contributed by atoms with van der Waals surface area (Å²) in [6.07, 6.45) is 2.14. The van der Waals surface area contributed by atoms with Gasteiger partial charge in [-0.25, -0.2) is 9.78 Å². The second-order valence-electron chi connectivity index (χ2n) is 12.2. The number of carbonyl (C=O) groups is 1. The van der Waals surface area contributed by atoms with Crippen molar-refractivity contribution in [2.24, 2.45) is 17.8 Å². The fourth-order valence-electron chi connectivity index (χ4n) is 7.13. The highest BCUT2D eigenvalue weighted by molar-refractivity contribution is 7.22. The Morgan fingerprint density at radius 3 is 2.50 bits per heavy atom. The Kier molecular flexibility index (Phi) is 8.26. The first-order valence-corrected chi connectivity index (χ1v) is 16.0. The highest BCUT2D eigenvalue weighted by Gasteiger charge is 2.48. The quantitative estimate of drug-likeness (QED) is 0.174. The standard InChI is InChI=1S/C31H38F3N3O4S/c1-2-40-29(39)18-9-12-25-26(13-18)42-30(36-25)37-19-10-11-20(37)15-21(14-19)41-16-23(28(38)17-7-8-17)27(35)22-5-3-4-6-24(22)31(32,33)34/h9,12-13,17,19-22,24,35,38H,2-8,10-11,14-16H2,1H3/b28-23-,35-27?/t19-,20?,21?,22?,24?/m0/s1. The molecule has 2 saturated carbocycles. The summed E-state index contributed by atoms with van der Waals surface area (Å²) in [4.78, 5) is 19.4. The van der Waals surface area contributed by atoms with Gasteiger partial charge in [0.05, 0.1) is 41.0 Å². The molecule has 2 aromatic rings. The molecule has 4 unspecified atom stereocenters. The predicted molar refractivity (Wildman–Crippen MR) is 155 cm³/mol. The lowest BCUT2D eigenvalue weighted by atomic mass is 9.74. The number of nitrogens with one attached hydrogen (secondary N) is 1. The summed E-state index contributed by atoms with van der Waals surface area (Å²) in [7, 11) is 0. The molecule has 4 aliphatic rings. The zero-order chi connectivity index (χ0) is 29.6. The van der Waals surface area contributed by atoms with Gasteiger partial charge in [-0.3, -0.25) is 0 Å². The molecule has 0 radical (unpaired) electrons. The third kappa shape index (κ3) is 5.91.